The average Bonchev–Trinajstić information content (AvgIpc) is 3.36. The van der Waals surface area contributed by atoms with Gasteiger partial charge in [-0.1, -0.05) is 23.7 Å². The van der Waals surface area contributed by atoms with Crippen LogP contribution in [0.4, 0.5) is 5.82 Å². The van der Waals surface area contributed by atoms with Gasteiger partial charge in [-0.15, -0.1) is 0 Å². The number of benzene rings is 1. The number of hydrogen-bond donors (Lipinski definition) is 4. The zero-order chi connectivity index (χ0) is 24.2. The van der Waals surface area contributed by atoms with Crippen LogP contribution in [0.3, 0.4) is 0 Å². The second kappa shape index (κ2) is 10.6. The number of ether oxygens (including phenoxy) is 1. The molecule has 1 aliphatic heterocycles. The van der Waals surface area contributed by atoms with E-state index in [4.69, 9.17) is 22.1 Å². The van der Waals surface area contributed by atoms with Gasteiger partial charge in [0.1, 0.15) is 30.2 Å². The van der Waals surface area contributed by atoms with Crippen molar-refractivity contribution in [2.75, 3.05) is 32.4 Å². The molecule has 3 heterocycles. The minimum Gasteiger partial charge on any atom is -0.387 e. The van der Waals surface area contributed by atoms with E-state index in [0.717, 1.165) is 5.56 Å². The Kier molecular flexibility index (Phi) is 7.59. The van der Waals surface area contributed by atoms with Gasteiger partial charge in [-0.05, 0) is 31.2 Å². The number of anilines is 1. The molecule has 4 atom stereocenters. The van der Waals surface area contributed by atoms with Gasteiger partial charge < -0.3 is 30.9 Å². The summed E-state index contributed by atoms with van der Waals surface area (Å²) >= 11 is 5.88. The molecule has 1 saturated heterocycles. The number of hydrogen-bond acceptors (Lipinski definition) is 9. The number of rotatable bonds is 9. The number of carbonyl (C=O) groups is 1. The molecule has 0 saturated carbocycles. The third-order valence-electron chi connectivity index (χ3n) is 5.86. The molecular formula is C22H28ClN7O4. The Balaban J connectivity index is 1.24. The zero-order valence-corrected chi connectivity index (χ0v) is 19.5. The summed E-state index contributed by atoms with van der Waals surface area (Å²) in [6.07, 6.45) is 0.0288. The minimum atomic E-state index is -1.17. The number of aryl methyl sites for hydroxylation is 1. The van der Waals surface area contributed by atoms with Gasteiger partial charge in [0.05, 0.1) is 6.33 Å². The normalized spacial score (nSPS) is 22.5. The van der Waals surface area contributed by atoms with Crippen LogP contribution in [-0.2, 0) is 16.0 Å². The molecule has 11 nitrogen and oxygen atoms in total. The molecule has 3 aromatic rings. The van der Waals surface area contributed by atoms with Crippen molar-refractivity contribution in [3.8, 4) is 0 Å². The molecule has 12 heteroatoms. The molecular weight excluding hydrogens is 462 g/mol. The van der Waals surface area contributed by atoms with Gasteiger partial charge in [-0.25, -0.2) is 15.0 Å². The number of nitrogens with zero attached hydrogens (tertiary/aromatic N) is 5. The number of nitrogen functional groups attached to an aromatic ring is 1. The fourth-order valence-electron chi connectivity index (χ4n) is 3.95. The Hall–Kier alpha value is -2.83. The summed E-state index contributed by atoms with van der Waals surface area (Å²) in [6.45, 7) is 1.37. The van der Waals surface area contributed by atoms with E-state index in [2.05, 4.69) is 20.3 Å². The number of nitrogens with two attached hydrogens (primary N) is 1. The summed E-state index contributed by atoms with van der Waals surface area (Å²) in [5.41, 5.74) is 7.70. The molecule has 1 amide bonds. The number of amides is 1. The number of carbonyl (C=O) groups excluding carboxylic acids is 1. The van der Waals surface area contributed by atoms with Crippen molar-refractivity contribution in [3.63, 3.8) is 0 Å². The van der Waals surface area contributed by atoms with Crippen molar-refractivity contribution in [1.82, 2.24) is 29.7 Å². The van der Waals surface area contributed by atoms with E-state index in [9.17, 15) is 15.0 Å². The number of aliphatic hydroxyl groups is 2. The number of likely N-dealkylation sites (N-methyl/N-ethyl adjacent to an activating group) is 1. The van der Waals surface area contributed by atoms with Gasteiger partial charge in [-0.2, -0.15) is 0 Å². The van der Waals surface area contributed by atoms with E-state index in [-0.39, 0.29) is 11.7 Å². The fraction of sp³-hybridized carbons (Fsp3) is 0.455. The SMILES string of the molecule is CN(CCNC(=O)CCc1ccc(Cl)cc1)C[C@H]1O[C@@H](n2cnc3c(N)ncnc32)[C@H](O)[C@@H]1O. The van der Waals surface area contributed by atoms with Crippen LogP contribution in [0.5, 0.6) is 0 Å². The van der Waals surface area contributed by atoms with E-state index in [0.29, 0.717) is 48.7 Å². The van der Waals surface area contributed by atoms with Crippen molar-refractivity contribution in [2.24, 2.45) is 0 Å². The third kappa shape index (κ3) is 5.45. The smallest absolute Gasteiger partial charge is 0.220 e. The lowest BCUT2D eigenvalue weighted by Crippen LogP contribution is -2.41. The Bertz CT molecular complexity index is 1130. The molecule has 5 N–H and O–H groups in total. The van der Waals surface area contributed by atoms with Crippen LogP contribution >= 0.6 is 11.6 Å². The van der Waals surface area contributed by atoms with E-state index in [1.54, 1.807) is 4.57 Å². The lowest BCUT2D eigenvalue weighted by molar-refractivity contribution is -0.121. The second-order valence-electron chi connectivity index (χ2n) is 8.37. The van der Waals surface area contributed by atoms with Crippen molar-refractivity contribution in [2.45, 2.75) is 37.4 Å². The number of aromatic nitrogens is 4. The largest absolute Gasteiger partial charge is 0.387 e. The van der Waals surface area contributed by atoms with E-state index in [1.807, 2.05) is 36.2 Å². The Morgan fingerprint density at radius 1 is 1.24 bits per heavy atom. The molecule has 1 aromatic carbocycles. The van der Waals surface area contributed by atoms with Gasteiger partial charge in [0.2, 0.25) is 5.91 Å². The summed E-state index contributed by atoms with van der Waals surface area (Å²) in [5.74, 6) is 0.188. The van der Waals surface area contributed by atoms with Crippen LogP contribution in [0.2, 0.25) is 5.02 Å². The topological polar surface area (TPSA) is 152 Å². The van der Waals surface area contributed by atoms with Crippen LogP contribution in [-0.4, -0.2) is 85.5 Å². The molecule has 0 unspecified atom stereocenters. The summed E-state index contributed by atoms with van der Waals surface area (Å²) in [7, 11) is 1.86. The van der Waals surface area contributed by atoms with Crippen molar-refractivity contribution >= 4 is 34.5 Å². The maximum Gasteiger partial charge on any atom is 0.220 e. The quantitative estimate of drug-likeness (QED) is 0.334. The molecule has 1 fully saturated rings. The van der Waals surface area contributed by atoms with Crippen LogP contribution in [0.15, 0.2) is 36.9 Å². The molecule has 0 spiro atoms. The number of aliphatic hydroxyl groups excluding tert-OH is 2. The van der Waals surface area contributed by atoms with Gasteiger partial charge >= 0.3 is 0 Å². The van der Waals surface area contributed by atoms with Gasteiger partial charge in [0.25, 0.3) is 0 Å². The first-order valence-electron chi connectivity index (χ1n) is 11.0. The molecule has 0 bridgehead atoms. The van der Waals surface area contributed by atoms with E-state index in [1.165, 1.54) is 12.7 Å². The number of nitrogens with one attached hydrogen (secondary N) is 1. The van der Waals surface area contributed by atoms with Crippen LogP contribution in [0.1, 0.15) is 18.2 Å². The fourth-order valence-corrected chi connectivity index (χ4v) is 4.07. The lowest BCUT2D eigenvalue weighted by atomic mass is 10.1. The standard InChI is InChI=1S/C22H28ClN7O4/c1-29(9-8-25-16(31)7-4-13-2-5-14(23)6-3-13)10-15-18(32)19(33)22(34-15)30-12-28-17-20(24)26-11-27-21(17)30/h2-3,5-6,11-12,15,18-19,22,32-33H,4,7-10H2,1H3,(H,25,31)(H2,24,26,27)/t15-,18-,19-,22-/m1/s1. The highest BCUT2D eigenvalue weighted by molar-refractivity contribution is 6.30. The molecule has 1 aliphatic rings. The first-order chi connectivity index (χ1) is 16.3. The predicted molar refractivity (Wildman–Crippen MR) is 126 cm³/mol. The maximum atomic E-state index is 12.1. The summed E-state index contributed by atoms with van der Waals surface area (Å²) in [5, 5.41) is 24.7. The number of fused-ring (bicyclic) bond motifs is 1. The van der Waals surface area contributed by atoms with Crippen molar-refractivity contribution < 1.29 is 19.7 Å². The van der Waals surface area contributed by atoms with Gasteiger partial charge in [0.15, 0.2) is 17.7 Å². The highest BCUT2D eigenvalue weighted by atomic mass is 35.5. The van der Waals surface area contributed by atoms with Crippen LogP contribution in [0, 0.1) is 0 Å². The molecule has 2 aromatic heterocycles. The van der Waals surface area contributed by atoms with E-state index >= 15 is 0 Å². The highest BCUT2D eigenvalue weighted by Gasteiger charge is 2.44. The summed E-state index contributed by atoms with van der Waals surface area (Å²) in [6, 6.07) is 7.44. The molecule has 182 valence electrons. The maximum absolute atomic E-state index is 12.1. The van der Waals surface area contributed by atoms with Gasteiger partial charge in [-0.3, -0.25) is 9.36 Å². The van der Waals surface area contributed by atoms with Crippen molar-refractivity contribution in [1.29, 1.82) is 0 Å². The molecule has 34 heavy (non-hydrogen) atoms. The Morgan fingerprint density at radius 3 is 2.76 bits per heavy atom. The monoisotopic (exact) mass is 489 g/mol. The molecule has 0 radical (unpaired) electrons. The van der Waals surface area contributed by atoms with Crippen LogP contribution in [0.25, 0.3) is 11.2 Å². The van der Waals surface area contributed by atoms with Crippen molar-refractivity contribution in [3.05, 3.63) is 47.5 Å². The van der Waals surface area contributed by atoms with Crippen LogP contribution < -0.4 is 11.1 Å². The highest BCUT2D eigenvalue weighted by Crippen LogP contribution is 2.32. The second-order valence-corrected chi connectivity index (χ2v) is 8.80. The molecule has 4 rings (SSSR count). The first kappa shape index (κ1) is 24.3. The van der Waals surface area contributed by atoms with E-state index < -0.39 is 24.5 Å². The Labute approximate surface area is 201 Å². The number of halogens is 1. The third-order valence-corrected chi connectivity index (χ3v) is 6.11. The molecule has 0 aliphatic carbocycles. The predicted octanol–water partition coefficient (Wildman–Crippen LogP) is 0.362. The Morgan fingerprint density at radius 2 is 2.00 bits per heavy atom. The van der Waals surface area contributed by atoms with Gasteiger partial charge in [0, 0.05) is 31.1 Å². The zero-order valence-electron chi connectivity index (χ0n) is 18.7. The minimum absolute atomic E-state index is 0.0377. The number of imidazole rings is 1. The lowest BCUT2D eigenvalue weighted by Gasteiger charge is -2.22. The summed E-state index contributed by atoms with van der Waals surface area (Å²) in [4.78, 5) is 26.3. The average molecular weight is 490 g/mol. The summed E-state index contributed by atoms with van der Waals surface area (Å²) < 4.78 is 7.50. The first-order valence-corrected chi connectivity index (χ1v) is 11.4.